The highest BCUT2D eigenvalue weighted by atomic mass is 19.4. The summed E-state index contributed by atoms with van der Waals surface area (Å²) in [5.41, 5.74) is 0.732. The fraction of sp³-hybridized carbons (Fsp3) is 0.583. The van der Waals surface area contributed by atoms with E-state index in [2.05, 4.69) is 0 Å². The number of hydrogen-bond donors (Lipinski definition) is 1. The van der Waals surface area contributed by atoms with Crippen LogP contribution < -0.4 is 0 Å². The predicted octanol–water partition coefficient (Wildman–Crippen LogP) is 6.54. The first-order valence-electron chi connectivity index (χ1n) is 10.8. The number of carbonyl (C=O) groups excluding carboxylic acids is 1. The Morgan fingerprint density at radius 1 is 0.900 bits per heavy atom. The number of rotatable bonds is 6. The van der Waals surface area contributed by atoms with Crippen LogP contribution in [0.3, 0.4) is 0 Å². The van der Waals surface area contributed by atoms with Gasteiger partial charge in [-0.25, -0.2) is 4.79 Å². The summed E-state index contributed by atoms with van der Waals surface area (Å²) >= 11 is 0. The smallest absolute Gasteiger partial charge is 0.454 e. The van der Waals surface area contributed by atoms with E-state index in [0.717, 1.165) is 56.4 Å². The number of carbonyl (C=O) groups is 2. The molecule has 0 bridgehead atoms. The average Bonchev–Trinajstić information content (AvgIpc) is 2.73. The normalized spacial score (nSPS) is 27.8. The topological polar surface area (TPSA) is 54.4 Å². The predicted molar refractivity (Wildman–Crippen MR) is 108 cm³/mol. The molecule has 0 aliphatic heterocycles. The summed E-state index contributed by atoms with van der Waals surface area (Å²) in [6.07, 6.45) is 8.10. The lowest BCUT2D eigenvalue weighted by Crippen LogP contribution is -2.25. The van der Waals surface area contributed by atoms with Gasteiger partial charge in [-0.2, -0.15) is 13.2 Å². The van der Waals surface area contributed by atoms with Gasteiger partial charge in [-0.15, -0.1) is 0 Å². The van der Waals surface area contributed by atoms with Crippen LogP contribution in [0.1, 0.15) is 79.6 Å². The third kappa shape index (κ3) is 5.96. The molecule has 2 saturated carbocycles. The molecule has 0 amide bonds. The molecule has 1 aromatic rings. The summed E-state index contributed by atoms with van der Waals surface area (Å²) in [6.45, 7) is 0. The summed E-state index contributed by atoms with van der Waals surface area (Å²) in [5.74, 6) is -0.283. The molecular weight excluding hydrogens is 393 g/mol. The minimum absolute atomic E-state index is 0.296. The monoisotopic (exact) mass is 422 g/mol. The highest BCUT2D eigenvalue weighted by molar-refractivity contribution is 6.00. The van der Waals surface area contributed by atoms with E-state index < -0.39 is 17.9 Å². The van der Waals surface area contributed by atoms with Crippen molar-refractivity contribution in [2.24, 2.45) is 17.8 Å². The van der Waals surface area contributed by atoms with E-state index in [0.29, 0.717) is 17.8 Å². The Labute approximate surface area is 175 Å². The number of hydrogen-bond acceptors (Lipinski definition) is 2. The van der Waals surface area contributed by atoms with Crippen molar-refractivity contribution >= 4 is 11.8 Å². The van der Waals surface area contributed by atoms with Crippen molar-refractivity contribution in [2.45, 2.75) is 69.9 Å². The molecule has 2 fully saturated rings. The summed E-state index contributed by atoms with van der Waals surface area (Å²) < 4.78 is 37.7. The number of ketones is 1. The zero-order valence-corrected chi connectivity index (χ0v) is 17.0. The SMILES string of the molecule is O=C(O)/C=C/CC1CCC(C2CCC(c3ccc(C(=O)C(F)(F)F)cc3)CC2)CC1. The summed E-state index contributed by atoms with van der Waals surface area (Å²) in [4.78, 5) is 21.9. The van der Waals surface area contributed by atoms with E-state index in [1.165, 1.54) is 31.1 Å². The molecule has 3 nitrogen and oxygen atoms in total. The molecule has 0 spiro atoms. The van der Waals surface area contributed by atoms with E-state index >= 15 is 0 Å². The molecule has 2 aliphatic carbocycles. The number of halogens is 3. The average molecular weight is 422 g/mol. The van der Waals surface area contributed by atoms with Crippen LogP contribution in [0.4, 0.5) is 13.2 Å². The maximum Gasteiger partial charge on any atom is 0.454 e. The number of benzene rings is 1. The summed E-state index contributed by atoms with van der Waals surface area (Å²) in [5, 5.41) is 8.68. The van der Waals surface area contributed by atoms with Gasteiger partial charge in [-0.05, 0) is 87.0 Å². The van der Waals surface area contributed by atoms with Gasteiger partial charge in [0.05, 0.1) is 0 Å². The van der Waals surface area contributed by atoms with E-state index in [4.69, 9.17) is 5.11 Å². The van der Waals surface area contributed by atoms with Crippen LogP contribution in [0, 0.1) is 17.8 Å². The highest BCUT2D eigenvalue weighted by Gasteiger charge is 2.39. The van der Waals surface area contributed by atoms with Crippen LogP contribution in [0.15, 0.2) is 36.4 Å². The molecular formula is C24H29F3O3. The van der Waals surface area contributed by atoms with Gasteiger partial charge in [-0.3, -0.25) is 4.79 Å². The number of allylic oxidation sites excluding steroid dienone is 1. The Balaban J connectivity index is 1.45. The van der Waals surface area contributed by atoms with E-state index in [-0.39, 0.29) is 5.56 Å². The third-order valence-corrected chi connectivity index (χ3v) is 6.96. The molecule has 0 heterocycles. The van der Waals surface area contributed by atoms with Crippen molar-refractivity contribution in [3.63, 3.8) is 0 Å². The number of aliphatic carboxylic acids is 1. The zero-order valence-electron chi connectivity index (χ0n) is 17.0. The minimum Gasteiger partial charge on any atom is -0.478 e. The molecule has 1 aromatic carbocycles. The van der Waals surface area contributed by atoms with Crippen molar-refractivity contribution in [3.05, 3.63) is 47.5 Å². The van der Waals surface area contributed by atoms with Gasteiger partial charge in [0.2, 0.25) is 0 Å². The first kappa shape index (κ1) is 22.6. The van der Waals surface area contributed by atoms with Crippen LogP contribution in [-0.4, -0.2) is 23.0 Å². The molecule has 0 aromatic heterocycles. The lowest BCUT2D eigenvalue weighted by molar-refractivity contribution is -0.131. The lowest BCUT2D eigenvalue weighted by atomic mass is 9.68. The molecule has 0 unspecified atom stereocenters. The molecule has 0 radical (unpaired) electrons. The van der Waals surface area contributed by atoms with Crippen molar-refractivity contribution < 1.29 is 27.9 Å². The minimum atomic E-state index is -4.83. The molecule has 3 rings (SSSR count). The first-order valence-corrected chi connectivity index (χ1v) is 10.8. The Kier molecular flexibility index (Phi) is 7.37. The Hall–Kier alpha value is -2.11. The van der Waals surface area contributed by atoms with Gasteiger partial charge >= 0.3 is 12.1 Å². The van der Waals surface area contributed by atoms with Crippen molar-refractivity contribution in [1.29, 1.82) is 0 Å². The zero-order chi connectivity index (χ0) is 21.7. The van der Waals surface area contributed by atoms with Crippen LogP contribution in [0.2, 0.25) is 0 Å². The van der Waals surface area contributed by atoms with Crippen LogP contribution >= 0.6 is 0 Å². The lowest BCUT2D eigenvalue weighted by Gasteiger charge is -2.38. The summed E-state index contributed by atoms with van der Waals surface area (Å²) in [7, 11) is 0. The van der Waals surface area contributed by atoms with Crippen molar-refractivity contribution in [2.75, 3.05) is 0 Å². The molecule has 0 saturated heterocycles. The molecule has 1 N–H and O–H groups in total. The number of alkyl halides is 3. The van der Waals surface area contributed by atoms with Crippen molar-refractivity contribution in [3.8, 4) is 0 Å². The van der Waals surface area contributed by atoms with Gasteiger partial charge in [0, 0.05) is 11.6 Å². The first-order chi connectivity index (χ1) is 14.2. The Bertz CT molecular complexity index is 751. The van der Waals surface area contributed by atoms with Crippen LogP contribution in [0.5, 0.6) is 0 Å². The van der Waals surface area contributed by atoms with Crippen molar-refractivity contribution in [1.82, 2.24) is 0 Å². The Morgan fingerprint density at radius 2 is 1.43 bits per heavy atom. The fourth-order valence-corrected chi connectivity index (χ4v) is 5.25. The Morgan fingerprint density at radius 3 is 1.93 bits per heavy atom. The van der Waals surface area contributed by atoms with Gasteiger partial charge < -0.3 is 5.11 Å². The van der Waals surface area contributed by atoms with Crippen LogP contribution in [0.25, 0.3) is 0 Å². The van der Waals surface area contributed by atoms with Gasteiger partial charge in [0.1, 0.15) is 0 Å². The maximum absolute atomic E-state index is 12.6. The van der Waals surface area contributed by atoms with Gasteiger partial charge in [0.15, 0.2) is 0 Å². The van der Waals surface area contributed by atoms with E-state index in [1.807, 2.05) is 0 Å². The molecule has 2 aliphatic rings. The number of carboxylic acids is 1. The van der Waals surface area contributed by atoms with Gasteiger partial charge in [0.25, 0.3) is 5.78 Å². The second-order valence-electron chi connectivity index (χ2n) is 8.82. The van der Waals surface area contributed by atoms with E-state index in [9.17, 15) is 22.8 Å². The molecule has 30 heavy (non-hydrogen) atoms. The highest BCUT2D eigenvalue weighted by Crippen LogP contribution is 2.44. The number of Topliss-reactive ketones (excluding diaryl/α,β-unsaturated/α-hetero) is 1. The summed E-state index contributed by atoms with van der Waals surface area (Å²) in [6, 6.07) is 5.97. The fourth-order valence-electron chi connectivity index (χ4n) is 5.25. The van der Waals surface area contributed by atoms with E-state index in [1.54, 1.807) is 18.2 Å². The quantitative estimate of drug-likeness (QED) is 0.418. The largest absolute Gasteiger partial charge is 0.478 e. The maximum atomic E-state index is 12.6. The molecule has 164 valence electrons. The standard InChI is InChI=1S/C24H29F3O3/c25-24(26,27)23(30)21-14-12-20(13-15-21)19-10-8-18(9-11-19)17-6-4-16(5-7-17)2-1-3-22(28)29/h1,3,12-19H,2,4-11H2,(H,28,29)/b3-1+. The van der Waals surface area contributed by atoms with Gasteiger partial charge in [-0.1, -0.05) is 30.3 Å². The van der Waals surface area contributed by atoms with Crippen LogP contribution in [-0.2, 0) is 4.79 Å². The second-order valence-corrected chi connectivity index (χ2v) is 8.82. The third-order valence-electron chi connectivity index (χ3n) is 6.96. The second kappa shape index (κ2) is 9.80. The molecule has 6 heteroatoms. The molecule has 0 atom stereocenters. The number of carboxylic acid groups (broad SMARTS) is 1.